The lowest BCUT2D eigenvalue weighted by Crippen LogP contribution is -2.40. The number of carbonyl (C=O) groups is 1. The van der Waals surface area contributed by atoms with Crippen LogP contribution in [0, 0.1) is 25.2 Å². The van der Waals surface area contributed by atoms with Gasteiger partial charge in [0.2, 0.25) is 0 Å². The fourth-order valence-electron chi connectivity index (χ4n) is 4.28. The minimum absolute atomic E-state index is 0.00985. The predicted molar refractivity (Wildman–Crippen MR) is 121 cm³/mol. The van der Waals surface area contributed by atoms with Gasteiger partial charge in [-0.05, 0) is 46.3 Å². The third-order valence-corrected chi connectivity index (χ3v) is 6.52. The van der Waals surface area contributed by atoms with Crippen LogP contribution in [0.3, 0.4) is 0 Å². The Kier molecular flexibility index (Phi) is 5.45. The number of amides is 1. The number of nitrogens with zero attached hydrogens (tertiary/aromatic N) is 6. The normalized spacial score (nSPS) is 16.3. The maximum atomic E-state index is 12.6. The van der Waals surface area contributed by atoms with E-state index in [2.05, 4.69) is 34.9 Å². The SMILES string of the molecule is Cc1nc(-c2c(C)c(C#N)c3nc(C(=O)N(C)C)oc3c2N2CCCC2N(C)C)cs1. The van der Waals surface area contributed by atoms with Gasteiger partial charge in [0.05, 0.1) is 28.1 Å². The monoisotopic (exact) mass is 438 g/mol. The van der Waals surface area contributed by atoms with E-state index in [1.165, 1.54) is 4.90 Å². The van der Waals surface area contributed by atoms with Gasteiger partial charge in [-0.25, -0.2) is 9.97 Å². The second-order valence-corrected chi connectivity index (χ2v) is 9.33. The molecule has 1 aliphatic rings. The summed E-state index contributed by atoms with van der Waals surface area (Å²) in [5.41, 5.74) is 4.68. The fourth-order valence-corrected chi connectivity index (χ4v) is 4.88. The van der Waals surface area contributed by atoms with E-state index in [9.17, 15) is 10.1 Å². The van der Waals surface area contributed by atoms with Crippen molar-refractivity contribution in [1.29, 1.82) is 5.26 Å². The van der Waals surface area contributed by atoms with Gasteiger partial charge >= 0.3 is 5.91 Å². The molecule has 1 aliphatic heterocycles. The van der Waals surface area contributed by atoms with E-state index in [4.69, 9.17) is 9.40 Å². The smallest absolute Gasteiger partial charge is 0.309 e. The van der Waals surface area contributed by atoms with E-state index in [1.54, 1.807) is 25.4 Å². The Morgan fingerprint density at radius 1 is 1.29 bits per heavy atom. The number of fused-ring (bicyclic) bond motifs is 1. The molecule has 0 N–H and O–H groups in total. The highest BCUT2D eigenvalue weighted by Gasteiger charge is 2.34. The van der Waals surface area contributed by atoms with Crippen LogP contribution < -0.4 is 4.90 Å². The lowest BCUT2D eigenvalue weighted by atomic mass is 9.96. The van der Waals surface area contributed by atoms with Crippen LogP contribution >= 0.6 is 11.3 Å². The summed E-state index contributed by atoms with van der Waals surface area (Å²) in [5.74, 6) is -0.343. The number of aromatic nitrogens is 2. The molecule has 9 heteroatoms. The number of hydrogen-bond acceptors (Lipinski definition) is 8. The van der Waals surface area contributed by atoms with E-state index in [-0.39, 0.29) is 18.0 Å². The van der Waals surface area contributed by atoms with Crippen LogP contribution in [-0.4, -0.2) is 66.6 Å². The number of oxazole rings is 1. The molecule has 3 heterocycles. The van der Waals surface area contributed by atoms with Crippen LogP contribution in [-0.2, 0) is 0 Å². The molecule has 3 aromatic rings. The zero-order valence-electron chi connectivity index (χ0n) is 18.7. The Bertz CT molecular complexity index is 1200. The van der Waals surface area contributed by atoms with Crippen LogP contribution in [0.2, 0.25) is 0 Å². The molecule has 1 unspecified atom stereocenters. The zero-order chi connectivity index (χ0) is 22.4. The van der Waals surface area contributed by atoms with Gasteiger partial charge in [0.15, 0.2) is 5.58 Å². The summed E-state index contributed by atoms with van der Waals surface area (Å²) < 4.78 is 6.09. The molecule has 0 saturated carbocycles. The minimum Gasteiger partial charge on any atom is -0.430 e. The summed E-state index contributed by atoms with van der Waals surface area (Å²) in [5, 5.41) is 12.9. The quantitative estimate of drug-likeness (QED) is 0.614. The van der Waals surface area contributed by atoms with Crippen molar-refractivity contribution >= 4 is 34.0 Å². The second-order valence-electron chi connectivity index (χ2n) is 8.26. The average molecular weight is 439 g/mol. The van der Waals surface area contributed by atoms with Gasteiger partial charge in [0.1, 0.15) is 11.6 Å². The standard InChI is InChI=1S/C22H26N6O2S/c1-12-14(10-23)18-20(30-21(25-18)22(29)27(5)6)19(17(12)15-11-31-13(2)24-15)28-9-7-8-16(28)26(3)4/h11,16H,7-9H2,1-6H3. The summed E-state index contributed by atoms with van der Waals surface area (Å²) in [6, 6.07) is 2.29. The Labute approximate surface area is 185 Å². The largest absolute Gasteiger partial charge is 0.430 e. The van der Waals surface area contributed by atoms with Crippen molar-refractivity contribution in [3.05, 3.63) is 27.4 Å². The molecule has 0 spiro atoms. The van der Waals surface area contributed by atoms with E-state index >= 15 is 0 Å². The first kappa shape index (κ1) is 21.3. The highest BCUT2D eigenvalue weighted by Crippen LogP contribution is 2.45. The van der Waals surface area contributed by atoms with E-state index in [1.807, 2.05) is 19.2 Å². The van der Waals surface area contributed by atoms with E-state index < -0.39 is 0 Å². The third-order valence-electron chi connectivity index (χ3n) is 5.75. The summed E-state index contributed by atoms with van der Waals surface area (Å²) in [7, 11) is 7.43. The van der Waals surface area contributed by atoms with Crippen molar-refractivity contribution in [3.63, 3.8) is 0 Å². The summed E-state index contributed by atoms with van der Waals surface area (Å²) in [6.45, 7) is 4.74. The molecule has 0 radical (unpaired) electrons. The zero-order valence-corrected chi connectivity index (χ0v) is 19.5. The summed E-state index contributed by atoms with van der Waals surface area (Å²) in [6.07, 6.45) is 2.23. The first-order valence-corrected chi connectivity index (χ1v) is 11.1. The molecule has 1 atom stereocenters. The van der Waals surface area contributed by atoms with Crippen molar-refractivity contribution < 1.29 is 9.21 Å². The lowest BCUT2D eigenvalue weighted by Gasteiger charge is -2.33. The van der Waals surface area contributed by atoms with Gasteiger partial charge in [0.25, 0.3) is 5.89 Å². The molecule has 0 aliphatic carbocycles. The molecule has 0 bridgehead atoms. The maximum Gasteiger partial charge on any atom is 0.309 e. The van der Waals surface area contributed by atoms with Gasteiger partial charge in [-0.2, -0.15) is 5.26 Å². The molecular weight excluding hydrogens is 412 g/mol. The van der Waals surface area contributed by atoms with Crippen LogP contribution in [0.15, 0.2) is 9.80 Å². The van der Waals surface area contributed by atoms with Crippen molar-refractivity contribution in [2.24, 2.45) is 0 Å². The van der Waals surface area contributed by atoms with Crippen molar-refractivity contribution in [2.75, 3.05) is 39.6 Å². The number of rotatable bonds is 4. The summed E-state index contributed by atoms with van der Waals surface area (Å²) in [4.78, 5) is 27.7. The van der Waals surface area contributed by atoms with Crippen molar-refractivity contribution in [1.82, 2.24) is 19.8 Å². The van der Waals surface area contributed by atoms with Crippen LogP contribution in [0.25, 0.3) is 22.4 Å². The van der Waals surface area contributed by atoms with Gasteiger partial charge < -0.3 is 14.2 Å². The number of hydrogen-bond donors (Lipinski definition) is 0. The molecule has 2 aromatic heterocycles. The number of carbonyl (C=O) groups excluding carboxylic acids is 1. The second kappa shape index (κ2) is 7.94. The average Bonchev–Trinajstić information content (AvgIpc) is 3.45. The molecule has 1 amide bonds. The number of aryl methyl sites for hydroxylation is 1. The van der Waals surface area contributed by atoms with Gasteiger partial charge in [-0.3, -0.25) is 9.69 Å². The van der Waals surface area contributed by atoms with Crippen LogP contribution in [0.4, 0.5) is 5.69 Å². The highest BCUT2D eigenvalue weighted by molar-refractivity contribution is 7.09. The minimum atomic E-state index is -0.333. The number of thiazole rings is 1. The fraction of sp³-hybridized carbons (Fsp3) is 0.455. The molecule has 31 heavy (non-hydrogen) atoms. The molecule has 1 aromatic carbocycles. The Morgan fingerprint density at radius 3 is 2.61 bits per heavy atom. The molecular formula is C22H26N6O2S. The van der Waals surface area contributed by atoms with Gasteiger partial charge in [-0.1, -0.05) is 0 Å². The molecule has 1 fully saturated rings. The molecule has 4 rings (SSSR count). The number of nitriles is 1. The van der Waals surface area contributed by atoms with Crippen molar-refractivity contribution in [2.45, 2.75) is 32.9 Å². The molecule has 162 valence electrons. The van der Waals surface area contributed by atoms with Crippen molar-refractivity contribution in [3.8, 4) is 17.3 Å². The first-order chi connectivity index (χ1) is 14.7. The number of anilines is 1. The maximum absolute atomic E-state index is 12.6. The first-order valence-electron chi connectivity index (χ1n) is 10.2. The van der Waals surface area contributed by atoms with Gasteiger partial charge in [0, 0.05) is 31.6 Å². The topological polar surface area (TPSA) is 89.5 Å². The Morgan fingerprint density at radius 2 is 2.03 bits per heavy atom. The Balaban J connectivity index is 2.10. The third kappa shape index (κ3) is 3.46. The molecule has 8 nitrogen and oxygen atoms in total. The Hall–Kier alpha value is -2.96. The molecule has 1 saturated heterocycles. The van der Waals surface area contributed by atoms with E-state index in [0.717, 1.165) is 46.9 Å². The highest BCUT2D eigenvalue weighted by atomic mass is 32.1. The lowest BCUT2D eigenvalue weighted by molar-refractivity contribution is 0.0791. The van der Waals surface area contributed by atoms with E-state index in [0.29, 0.717) is 16.7 Å². The van der Waals surface area contributed by atoms with Gasteiger partial charge in [-0.15, -0.1) is 11.3 Å². The predicted octanol–water partition coefficient (Wildman–Crippen LogP) is 3.63. The summed E-state index contributed by atoms with van der Waals surface area (Å²) >= 11 is 1.57. The number of benzene rings is 1. The van der Waals surface area contributed by atoms with Crippen LogP contribution in [0.1, 0.15) is 39.7 Å². The van der Waals surface area contributed by atoms with Crippen LogP contribution in [0.5, 0.6) is 0 Å².